The molecule has 0 aliphatic heterocycles. The smallest absolute Gasteiger partial charge is 0.255 e. The Kier molecular flexibility index (Phi) is 38.8. The zero-order valence-corrected chi connectivity index (χ0v) is 53.2. The first-order chi connectivity index (χ1) is 38.9. The van der Waals surface area contributed by atoms with Crippen LogP contribution >= 0.6 is 54.0 Å². The van der Waals surface area contributed by atoms with Crippen LogP contribution in [0, 0.1) is 0 Å². The molecule has 4 atom stereocenters. The first-order valence-corrected chi connectivity index (χ1v) is 27.5. The van der Waals surface area contributed by atoms with Crippen LogP contribution in [0.5, 0.6) is 23.0 Å². The number of ether oxygens (including phenoxy) is 4. The van der Waals surface area contributed by atoms with E-state index in [1.54, 1.807) is 54.6 Å². The van der Waals surface area contributed by atoms with Gasteiger partial charge in [-0.3, -0.25) is 38.4 Å². The van der Waals surface area contributed by atoms with E-state index < -0.39 is 47.8 Å². The monoisotopic (exact) mass is 1260 g/mol. The molecule has 0 bridgehead atoms. The molecule has 0 unspecified atom stereocenters. The van der Waals surface area contributed by atoms with E-state index in [4.69, 9.17) is 53.3 Å². The summed E-state index contributed by atoms with van der Waals surface area (Å²) in [4.78, 5) is 110. The quantitative estimate of drug-likeness (QED) is 0.0286. The third-order valence-corrected chi connectivity index (χ3v) is 13.9. The zero-order chi connectivity index (χ0) is 59.4. The molecule has 4 amide bonds. The van der Waals surface area contributed by atoms with Crippen molar-refractivity contribution in [1.29, 1.82) is 0 Å². The molecule has 4 rings (SSSR count). The van der Waals surface area contributed by atoms with Gasteiger partial charge in [0.25, 0.3) is 23.6 Å². The lowest BCUT2D eigenvalue weighted by Crippen LogP contribution is -2.42. The van der Waals surface area contributed by atoms with Gasteiger partial charge < -0.3 is 69.3 Å². The summed E-state index contributed by atoms with van der Waals surface area (Å²) in [6.45, 7) is 1.60. The Hall–Kier alpha value is -6.16. The van der Waals surface area contributed by atoms with Crippen LogP contribution in [0.4, 0.5) is 0 Å². The number of ketones is 4. The number of methoxy groups -OCH3 is 4. The average molecular weight is 1260 g/mol. The first kappa shape index (κ1) is 78.8. The van der Waals surface area contributed by atoms with E-state index in [1.165, 1.54) is 46.6 Å². The Labute approximate surface area is 527 Å². The van der Waals surface area contributed by atoms with Crippen molar-refractivity contribution in [3.8, 4) is 23.0 Å². The van der Waals surface area contributed by atoms with E-state index in [2.05, 4.69) is 16.0 Å². The van der Waals surface area contributed by atoms with Crippen molar-refractivity contribution in [2.75, 3.05) is 54.6 Å². The molecule has 4 aromatic rings. The molecule has 0 fully saturated rings. The van der Waals surface area contributed by atoms with Gasteiger partial charge in [0.15, 0.2) is 23.1 Å². The predicted molar refractivity (Wildman–Crippen MR) is 350 cm³/mol. The van der Waals surface area contributed by atoms with E-state index in [0.717, 1.165) is 6.42 Å². The average Bonchev–Trinajstić information content (AvgIpc) is 3.67. The molecule has 472 valence electrons. The Morgan fingerprint density at radius 2 is 0.624 bits per heavy atom. The highest BCUT2D eigenvalue weighted by Crippen LogP contribution is 2.26. The number of nitrogens with one attached hydrogen (secondary N) is 3. The SMILES string of the molecule is COc1ccc(CC(=O)[C@H](CCCCN)NC(=O)c2cc(CC(=O)[C@H](CCCCN)NC(=O)c3cc(CC(=O)[C@H](CCCCN)NC(=O)c4cc(CC(=O)[C@@H](N)CCCCN)ccc4OC)ccc3OC)ccc2OC)cc1C(N)=O.S.S.S.S. The highest BCUT2D eigenvalue weighted by molar-refractivity contribution is 7.59. The van der Waals surface area contributed by atoms with Crippen molar-refractivity contribution in [3.05, 3.63) is 117 Å². The molecule has 0 heterocycles. The number of unbranched alkanes of at least 4 members (excludes halogenated alkanes) is 4. The number of nitrogens with two attached hydrogens (primary N) is 6. The number of hydrogen-bond donors (Lipinski definition) is 9. The number of carbonyl (C=O) groups excluding carboxylic acids is 8. The van der Waals surface area contributed by atoms with Gasteiger partial charge in [-0.25, -0.2) is 0 Å². The standard InChI is InChI=1S/C60H83N9O12.4H2S/c1-78-53-21-17-37(29-41(53)57(66)74)34-50(71)46(14-6-10-26-62)67-59(76)43-31-39(19-23-55(43)80-3)36-52(73)48(16-8-12-28-64)69-60(77)44-32-40(20-24-56(44)81-4)35-51(72)47(15-7-11-27-63)68-58(75)42-30-38(18-22-54(42)79-2)33-49(70)45(65)13-5-9-25-61;;;;/h17-24,29-32,45-48H,5-16,25-28,33-36,61-65H2,1-4H3,(H2,66,74)(H,67,76)(H,68,75)(H,69,77);4*1H2/t45-,46-,47-,48-;;;;/m0..../s1. The summed E-state index contributed by atoms with van der Waals surface area (Å²) < 4.78 is 21.9. The Morgan fingerprint density at radius 3 is 0.882 bits per heavy atom. The Bertz CT molecular complexity index is 2810. The van der Waals surface area contributed by atoms with Crippen LogP contribution < -0.4 is 69.3 Å². The molecule has 85 heavy (non-hydrogen) atoms. The second kappa shape index (κ2) is 41.8. The number of benzene rings is 4. The zero-order valence-electron chi connectivity index (χ0n) is 49.2. The number of carbonyl (C=O) groups is 8. The fourth-order valence-corrected chi connectivity index (χ4v) is 9.29. The minimum atomic E-state index is -1.02. The van der Waals surface area contributed by atoms with Gasteiger partial charge in [0.05, 0.1) is 74.9 Å². The van der Waals surface area contributed by atoms with Crippen molar-refractivity contribution in [2.45, 2.75) is 127 Å². The van der Waals surface area contributed by atoms with Crippen molar-refractivity contribution >= 4 is 101 Å². The Balaban J connectivity index is 0.0000176. The number of hydrogen-bond acceptors (Lipinski definition) is 17. The van der Waals surface area contributed by atoms with Crippen LogP contribution in [-0.4, -0.2) is 126 Å². The van der Waals surface area contributed by atoms with Crippen molar-refractivity contribution in [1.82, 2.24) is 16.0 Å². The molecule has 0 aliphatic rings. The van der Waals surface area contributed by atoms with Crippen molar-refractivity contribution in [3.63, 3.8) is 0 Å². The normalized spacial score (nSPS) is 11.9. The van der Waals surface area contributed by atoms with Crippen LogP contribution in [0.15, 0.2) is 72.8 Å². The van der Waals surface area contributed by atoms with Gasteiger partial charge in [-0.15, -0.1) is 0 Å². The Morgan fingerprint density at radius 1 is 0.376 bits per heavy atom. The summed E-state index contributed by atoms with van der Waals surface area (Å²) in [5, 5.41) is 8.61. The molecule has 15 N–H and O–H groups in total. The highest BCUT2D eigenvalue weighted by atomic mass is 32.1. The largest absolute Gasteiger partial charge is 0.496 e. The van der Waals surface area contributed by atoms with E-state index in [9.17, 15) is 38.4 Å². The third kappa shape index (κ3) is 25.0. The molecule has 25 heteroatoms. The van der Waals surface area contributed by atoms with Gasteiger partial charge in [0, 0.05) is 25.7 Å². The minimum absolute atomic E-state index is 0. The van der Waals surface area contributed by atoms with Crippen molar-refractivity contribution < 1.29 is 57.3 Å². The molecule has 4 aromatic carbocycles. The fraction of sp³-hybridized carbons (Fsp3) is 0.467. The predicted octanol–water partition coefficient (Wildman–Crippen LogP) is 3.96. The topological polar surface area (TPSA) is 366 Å². The molecule has 0 spiro atoms. The lowest BCUT2D eigenvalue weighted by atomic mass is 9.95. The van der Waals surface area contributed by atoms with Gasteiger partial charge in [-0.1, -0.05) is 30.7 Å². The van der Waals surface area contributed by atoms with E-state index in [-0.39, 0.29) is 167 Å². The highest BCUT2D eigenvalue weighted by Gasteiger charge is 2.29. The summed E-state index contributed by atoms with van der Waals surface area (Å²) in [6, 6.07) is 15.2. The summed E-state index contributed by atoms with van der Waals surface area (Å²) in [6.07, 6.45) is 5.47. The van der Waals surface area contributed by atoms with Gasteiger partial charge in [-0.2, -0.15) is 54.0 Å². The van der Waals surface area contributed by atoms with Crippen molar-refractivity contribution in [2.24, 2.45) is 34.4 Å². The second-order valence-corrected chi connectivity index (χ2v) is 19.9. The van der Waals surface area contributed by atoms with Crippen LogP contribution in [-0.2, 0) is 44.9 Å². The second-order valence-electron chi connectivity index (χ2n) is 19.9. The number of primary amides is 1. The summed E-state index contributed by atoms with van der Waals surface area (Å²) in [7, 11) is 5.59. The number of rotatable bonds is 39. The maximum atomic E-state index is 14.3. The van der Waals surface area contributed by atoms with Gasteiger partial charge >= 0.3 is 0 Å². The molecule has 21 nitrogen and oxygen atoms in total. The third-order valence-electron chi connectivity index (χ3n) is 13.9. The van der Waals surface area contributed by atoms with Crippen LogP contribution in [0.3, 0.4) is 0 Å². The number of amides is 4. The lowest BCUT2D eigenvalue weighted by Gasteiger charge is -2.21. The van der Waals surface area contributed by atoms with E-state index in [1.807, 2.05) is 0 Å². The minimum Gasteiger partial charge on any atom is -0.496 e. The van der Waals surface area contributed by atoms with Gasteiger partial charge in [0.1, 0.15) is 23.0 Å². The van der Waals surface area contributed by atoms with Crippen LogP contribution in [0.25, 0.3) is 0 Å². The molecule has 0 aliphatic carbocycles. The van der Waals surface area contributed by atoms with Gasteiger partial charge in [-0.05, 0) is 168 Å². The molecule has 0 saturated carbocycles. The summed E-state index contributed by atoms with van der Waals surface area (Å²) >= 11 is 0. The summed E-state index contributed by atoms with van der Waals surface area (Å²) in [5.74, 6) is -2.98. The van der Waals surface area contributed by atoms with Gasteiger partial charge in [0.2, 0.25) is 0 Å². The molecule has 0 aromatic heterocycles. The lowest BCUT2D eigenvalue weighted by molar-refractivity contribution is -0.121. The number of Topliss-reactive ketones (excluding diaryl/α,β-unsaturated/α-hetero) is 4. The molecule has 0 radical (unpaired) electrons. The van der Waals surface area contributed by atoms with Crippen LogP contribution in [0.2, 0.25) is 0 Å². The maximum Gasteiger partial charge on any atom is 0.255 e. The summed E-state index contributed by atoms with van der Waals surface area (Å²) in [5.41, 5.74) is 37.0. The fourth-order valence-electron chi connectivity index (χ4n) is 9.29. The maximum absolute atomic E-state index is 14.3. The molecule has 0 saturated heterocycles. The van der Waals surface area contributed by atoms with E-state index in [0.29, 0.717) is 99.8 Å². The molecular formula is C60H91N9O12S4. The van der Waals surface area contributed by atoms with E-state index >= 15 is 0 Å². The molecular weight excluding hydrogens is 1170 g/mol. The first-order valence-electron chi connectivity index (χ1n) is 27.5. The van der Waals surface area contributed by atoms with Crippen LogP contribution in [0.1, 0.15) is 141 Å².